The Hall–Kier alpha value is -1.46. The molecule has 1 fully saturated rings. The van der Waals surface area contributed by atoms with E-state index in [1.54, 1.807) is 6.20 Å². The molecule has 110 valence electrons. The van der Waals surface area contributed by atoms with Crippen molar-refractivity contribution in [1.29, 1.82) is 0 Å². The number of aromatic nitrogens is 1. The van der Waals surface area contributed by atoms with Crippen LogP contribution in [0, 0.1) is 0 Å². The van der Waals surface area contributed by atoms with E-state index < -0.39 is 0 Å². The molecule has 0 atom stereocenters. The summed E-state index contributed by atoms with van der Waals surface area (Å²) >= 11 is 0. The van der Waals surface area contributed by atoms with Gasteiger partial charge in [0.2, 0.25) is 5.91 Å². The van der Waals surface area contributed by atoms with E-state index in [0.717, 1.165) is 38.0 Å². The van der Waals surface area contributed by atoms with E-state index in [4.69, 9.17) is 4.74 Å². The maximum atomic E-state index is 11.8. The molecule has 1 amide bonds. The third kappa shape index (κ3) is 4.58. The van der Waals surface area contributed by atoms with Crippen LogP contribution in [0.2, 0.25) is 0 Å². The van der Waals surface area contributed by atoms with Gasteiger partial charge in [-0.1, -0.05) is 13.0 Å². The molecule has 0 saturated carbocycles. The SMILES string of the molecule is CCc1cccnc1CNC(=O)COC1CCNCC1. The van der Waals surface area contributed by atoms with Crippen LogP contribution in [0.1, 0.15) is 31.0 Å². The molecule has 0 aromatic carbocycles. The molecular weight excluding hydrogens is 254 g/mol. The summed E-state index contributed by atoms with van der Waals surface area (Å²) in [5.41, 5.74) is 2.11. The fraction of sp³-hybridized carbons (Fsp3) is 0.600. The van der Waals surface area contributed by atoms with Crippen LogP contribution in [0.5, 0.6) is 0 Å². The summed E-state index contributed by atoms with van der Waals surface area (Å²) in [4.78, 5) is 16.1. The lowest BCUT2D eigenvalue weighted by atomic mass is 10.1. The molecule has 2 rings (SSSR count). The number of ether oxygens (including phenoxy) is 1. The van der Waals surface area contributed by atoms with Crippen molar-refractivity contribution in [2.24, 2.45) is 0 Å². The van der Waals surface area contributed by atoms with Crippen LogP contribution in [0.15, 0.2) is 18.3 Å². The molecule has 2 heterocycles. The first-order valence-corrected chi connectivity index (χ1v) is 7.31. The van der Waals surface area contributed by atoms with Gasteiger partial charge in [-0.15, -0.1) is 0 Å². The lowest BCUT2D eigenvalue weighted by Crippen LogP contribution is -2.35. The Balaban J connectivity index is 1.71. The van der Waals surface area contributed by atoms with Crippen molar-refractivity contribution in [2.75, 3.05) is 19.7 Å². The highest BCUT2D eigenvalue weighted by molar-refractivity contribution is 5.77. The number of aryl methyl sites for hydroxylation is 1. The number of nitrogens with one attached hydrogen (secondary N) is 2. The van der Waals surface area contributed by atoms with Gasteiger partial charge in [0.15, 0.2) is 0 Å². The van der Waals surface area contributed by atoms with Crippen LogP contribution < -0.4 is 10.6 Å². The molecule has 1 aromatic rings. The van der Waals surface area contributed by atoms with Crippen molar-refractivity contribution in [3.05, 3.63) is 29.6 Å². The molecule has 5 nitrogen and oxygen atoms in total. The maximum Gasteiger partial charge on any atom is 0.246 e. The quantitative estimate of drug-likeness (QED) is 0.815. The van der Waals surface area contributed by atoms with Gasteiger partial charge < -0.3 is 15.4 Å². The number of hydrogen-bond donors (Lipinski definition) is 2. The smallest absolute Gasteiger partial charge is 0.246 e. The molecule has 1 aliphatic rings. The number of pyridine rings is 1. The summed E-state index contributed by atoms with van der Waals surface area (Å²) in [5, 5.41) is 6.14. The fourth-order valence-electron chi connectivity index (χ4n) is 2.34. The van der Waals surface area contributed by atoms with Crippen LogP contribution in [0.3, 0.4) is 0 Å². The standard InChI is InChI=1S/C15H23N3O2/c1-2-12-4-3-7-17-14(12)10-18-15(19)11-20-13-5-8-16-9-6-13/h3-4,7,13,16H,2,5-6,8-11H2,1H3,(H,18,19). The molecule has 1 saturated heterocycles. The van der Waals surface area contributed by atoms with Gasteiger partial charge in [-0.25, -0.2) is 0 Å². The van der Waals surface area contributed by atoms with E-state index in [2.05, 4.69) is 22.5 Å². The van der Waals surface area contributed by atoms with E-state index in [0.29, 0.717) is 6.54 Å². The predicted molar refractivity (Wildman–Crippen MR) is 77.3 cm³/mol. The molecule has 2 N–H and O–H groups in total. The molecule has 5 heteroatoms. The van der Waals surface area contributed by atoms with Crippen LogP contribution >= 0.6 is 0 Å². The number of hydrogen-bond acceptors (Lipinski definition) is 4. The van der Waals surface area contributed by atoms with Crippen molar-refractivity contribution < 1.29 is 9.53 Å². The van der Waals surface area contributed by atoms with Crippen molar-refractivity contribution in [2.45, 2.75) is 38.8 Å². The topological polar surface area (TPSA) is 63.2 Å². The number of piperidine rings is 1. The van der Waals surface area contributed by atoms with Crippen LogP contribution in [-0.2, 0) is 22.5 Å². The summed E-state index contributed by atoms with van der Waals surface area (Å²) in [6.07, 6.45) is 4.85. The summed E-state index contributed by atoms with van der Waals surface area (Å²) in [5.74, 6) is -0.0729. The average molecular weight is 277 g/mol. The van der Waals surface area contributed by atoms with Gasteiger partial charge in [0.05, 0.1) is 18.3 Å². The maximum absolute atomic E-state index is 11.8. The lowest BCUT2D eigenvalue weighted by Gasteiger charge is -2.22. The third-order valence-corrected chi connectivity index (χ3v) is 3.55. The normalized spacial score (nSPS) is 16.1. The minimum absolute atomic E-state index is 0.0729. The Kier molecular flexibility index (Phi) is 5.95. The molecular formula is C15H23N3O2. The molecule has 0 spiro atoms. The lowest BCUT2D eigenvalue weighted by molar-refractivity contribution is -0.128. The van der Waals surface area contributed by atoms with Crippen molar-refractivity contribution >= 4 is 5.91 Å². The molecule has 0 radical (unpaired) electrons. The van der Waals surface area contributed by atoms with Crippen molar-refractivity contribution in [3.8, 4) is 0 Å². The van der Waals surface area contributed by atoms with Gasteiger partial charge in [0, 0.05) is 6.20 Å². The van der Waals surface area contributed by atoms with E-state index >= 15 is 0 Å². The summed E-state index contributed by atoms with van der Waals surface area (Å²) in [6.45, 7) is 4.64. The summed E-state index contributed by atoms with van der Waals surface area (Å²) in [7, 11) is 0. The van der Waals surface area contributed by atoms with Crippen LogP contribution in [0.25, 0.3) is 0 Å². The zero-order valence-electron chi connectivity index (χ0n) is 12.0. The highest BCUT2D eigenvalue weighted by Gasteiger charge is 2.14. The fourth-order valence-corrected chi connectivity index (χ4v) is 2.34. The van der Waals surface area contributed by atoms with Gasteiger partial charge in [0.25, 0.3) is 0 Å². The number of nitrogens with zero attached hydrogens (tertiary/aromatic N) is 1. The van der Waals surface area contributed by atoms with Gasteiger partial charge >= 0.3 is 0 Å². The summed E-state index contributed by atoms with van der Waals surface area (Å²) < 4.78 is 5.62. The Bertz CT molecular complexity index is 431. The van der Waals surface area contributed by atoms with Gasteiger partial charge in [-0.3, -0.25) is 9.78 Å². The molecule has 0 bridgehead atoms. The first-order valence-electron chi connectivity index (χ1n) is 7.31. The monoisotopic (exact) mass is 277 g/mol. The first-order chi connectivity index (χ1) is 9.79. The molecule has 1 aliphatic heterocycles. The van der Waals surface area contributed by atoms with Crippen molar-refractivity contribution in [1.82, 2.24) is 15.6 Å². The van der Waals surface area contributed by atoms with E-state index in [-0.39, 0.29) is 18.6 Å². The number of amides is 1. The highest BCUT2D eigenvalue weighted by atomic mass is 16.5. The van der Waals surface area contributed by atoms with E-state index in [1.807, 2.05) is 12.1 Å². The number of rotatable bonds is 6. The zero-order valence-corrected chi connectivity index (χ0v) is 12.0. The predicted octanol–water partition coefficient (Wildman–Crippen LogP) is 1.03. The Morgan fingerprint density at radius 2 is 2.30 bits per heavy atom. The Morgan fingerprint density at radius 1 is 1.50 bits per heavy atom. The second-order valence-corrected chi connectivity index (χ2v) is 5.00. The molecule has 0 aliphatic carbocycles. The van der Waals surface area contributed by atoms with Crippen molar-refractivity contribution in [3.63, 3.8) is 0 Å². The van der Waals surface area contributed by atoms with Gasteiger partial charge in [-0.2, -0.15) is 0 Å². The third-order valence-electron chi connectivity index (χ3n) is 3.55. The minimum atomic E-state index is -0.0729. The molecule has 1 aromatic heterocycles. The number of carbonyl (C=O) groups is 1. The van der Waals surface area contributed by atoms with Crippen LogP contribution in [0.4, 0.5) is 0 Å². The second-order valence-electron chi connectivity index (χ2n) is 5.00. The van der Waals surface area contributed by atoms with E-state index in [9.17, 15) is 4.79 Å². The molecule has 20 heavy (non-hydrogen) atoms. The van der Waals surface area contributed by atoms with Gasteiger partial charge in [-0.05, 0) is 44.0 Å². The van der Waals surface area contributed by atoms with Gasteiger partial charge in [0.1, 0.15) is 6.61 Å². The highest BCUT2D eigenvalue weighted by Crippen LogP contribution is 2.07. The zero-order chi connectivity index (χ0) is 14.2. The minimum Gasteiger partial charge on any atom is -0.368 e. The van der Waals surface area contributed by atoms with E-state index in [1.165, 1.54) is 5.56 Å². The van der Waals surface area contributed by atoms with Crippen LogP contribution in [-0.4, -0.2) is 36.7 Å². The Morgan fingerprint density at radius 3 is 3.05 bits per heavy atom. The average Bonchev–Trinajstić information content (AvgIpc) is 2.52. The Labute approximate surface area is 120 Å². The molecule has 0 unspecified atom stereocenters. The first kappa shape index (κ1) is 14.9. The number of carbonyl (C=O) groups excluding carboxylic acids is 1. The summed E-state index contributed by atoms with van der Waals surface area (Å²) in [6, 6.07) is 3.96. The second kappa shape index (κ2) is 7.97. The largest absolute Gasteiger partial charge is 0.368 e.